The van der Waals surface area contributed by atoms with Crippen LogP contribution in [0.4, 0.5) is 3.89 Å². The van der Waals surface area contributed by atoms with E-state index in [0.717, 1.165) is 0 Å². The minimum Gasteiger partial charge on any atom is -0.194 e. The Morgan fingerprint density at radius 1 is 1.21 bits per heavy atom. The second kappa shape index (κ2) is 3.51. The molecule has 0 unspecified atom stereocenters. The van der Waals surface area contributed by atoms with E-state index in [9.17, 15) is 12.3 Å². The molecule has 0 bridgehead atoms. The Morgan fingerprint density at radius 2 is 1.64 bits per heavy atom. The smallest absolute Gasteiger partial charge is 0.194 e. The van der Waals surface area contributed by atoms with Gasteiger partial charge in [0.15, 0.2) is 0 Å². The fourth-order valence-corrected chi connectivity index (χ4v) is 1.54. The Kier molecular flexibility index (Phi) is 2.88. The van der Waals surface area contributed by atoms with Gasteiger partial charge in [0.1, 0.15) is 4.75 Å². The van der Waals surface area contributed by atoms with Gasteiger partial charge in [0.05, 0.1) is 0 Å². The lowest BCUT2D eigenvalue weighted by Crippen LogP contribution is -2.25. The molecule has 0 saturated carbocycles. The van der Waals surface area contributed by atoms with Crippen molar-refractivity contribution >= 4 is 21.8 Å². The van der Waals surface area contributed by atoms with Gasteiger partial charge < -0.3 is 0 Å². The molecular formula is C9H10ClFO2S. The first-order valence-electron chi connectivity index (χ1n) is 3.95. The van der Waals surface area contributed by atoms with Crippen LogP contribution >= 0.6 is 11.6 Å². The van der Waals surface area contributed by atoms with Crippen LogP contribution in [0.25, 0.3) is 0 Å². The molecule has 14 heavy (non-hydrogen) atoms. The van der Waals surface area contributed by atoms with E-state index in [-0.39, 0.29) is 0 Å². The van der Waals surface area contributed by atoms with E-state index in [0.29, 0.717) is 10.6 Å². The third kappa shape index (κ3) is 2.07. The average molecular weight is 237 g/mol. The Bertz CT molecular complexity index is 423. The number of halogens is 2. The molecule has 0 fully saturated rings. The maximum absolute atomic E-state index is 12.9. The molecule has 0 spiro atoms. The second-order valence-corrected chi connectivity index (χ2v) is 5.79. The number of benzene rings is 1. The van der Waals surface area contributed by atoms with Crippen molar-refractivity contribution in [1.29, 1.82) is 0 Å². The lowest BCUT2D eigenvalue weighted by atomic mass is 10.0. The molecule has 0 aromatic heterocycles. The van der Waals surface area contributed by atoms with Crippen molar-refractivity contribution in [3.05, 3.63) is 34.9 Å². The van der Waals surface area contributed by atoms with Crippen LogP contribution in [0, 0.1) is 0 Å². The van der Waals surface area contributed by atoms with Crippen molar-refractivity contribution < 1.29 is 12.3 Å². The van der Waals surface area contributed by atoms with Crippen molar-refractivity contribution in [2.75, 3.05) is 0 Å². The summed E-state index contributed by atoms with van der Waals surface area (Å²) >= 11 is 5.63. The summed E-state index contributed by atoms with van der Waals surface area (Å²) in [6.07, 6.45) is 0. The Hall–Kier alpha value is -0.610. The van der Waals surface area contributed by atoms with E-state index < -0.39 is 15.0 Å². The third-order valence-electron chi connectivity index (χ3n) is 2.15. The van der Waals surface area contributed by atoms with Crippen LogP contribution in [0.3, 0.4) is 0 Å². The third-order valence-corrected chi connectivity index (χ3v) is 3.86. The van der Waals surface area contributed by atoms with Gasteiger partial charge in [-0.2, -0.15) is 8.42 Å². The average Bonchev–Trinajstić information content (AvgIpc) is 2.03. The normalized spacial score (nSPS) is 12.9. The fourth-order valence-electron chi connectivity index (χ4n) is 0.992. The zero-order chi connectivity index (χ0) is 11.0. The summed E-state index contributed by atoms with van der Waals surface area (Å²) in [5.74, 6) is 0. The van der Waals surface area contributed by atoms with Gasteiger partial charge in [0.2, 0.25) is 0 Å². The van der Waals surface area contributed by atoms with Crippen LogP contribution in [0.15, 0.2) is 24.3 Å². The first-order chi connectivity index (χ1) is 6.25. The van der Waals surface area contributed by atoms with Gasteiger partial charge in [-0.05, 0) is 31.5 Å². The van der Waals surface area contributed by atoms with Gasteiger partial charge in [-0.1, -0.05) is 23.7 Å². The SMILES string of the molecule is CC(C)(c1ccc(Cl)cc1)S(=O)(=O)F. The molecule has 0 amide bonds. The predicted octanol–water partition coefficient (Wildman–Crippen LogP) is 2.87. The summed E-state index contributed by atoms with van der Waals surface area (Å²) in [5.41, 5.74) is 0.379. The van der Waals surface area contributed by atoms with Gasteiger partial charge in [-0.25, -0.2) is 0 Å². The van der Waals surface area contributed by atoms with E-state index >= 15 is 0 Å². The topological polar surface area (TPSA) is 34.1 Å². The molecule has 2 nitrogen and oxygen atoms in total. The number of rotatable bonds is 2. The lowest BCUT2D eigenvalue weighted by molar-refractivity contribution is 0.508. The van der Waals surface area contributed by atoms with E-state index in [1.54, 1.807) is 0 Å². The molecule has 0 N–H and O–H groups in total. The number of hydrogen-bond acceptors (Lipinski definition) is 2. The van der Waals surface area contributed by atoms with Crippen LogP contribution in [0.2, 0.25) is 5.02 Å². The summed E-state index contributed by atoms with van der Waals surface area (Å²) in [7, 11) is -4.61. The molecule has 5 heteroatoms. The minimum atomic E-state index is -4.61. The molecule has 0 aliphatic rings. The molecule has 1 rings (SSSR count). The second-order valence-electron chi connectivity index (χ2n) is 3.46. The highest BCUT2D eigenvalue weighted by molar-refractivity contribution is 7.87. The van der Waals surface area contributed by atoms with Crippen molar-refractivity contribution in [2.24, 2.45) is 0 Å². The highest BCUT2D eigenvalue weighted by Gasteiger charge is 2.36. The predicted molar refractivity (Wildman–Crippen MR) is 54.5 cm³/mol. The Balaban J connectivity index is 3.24. The molecule has 0 radical (unpaired) electrons. The lowest BCUT2D eigenvalue weighted by Gasteiger charge is -2.19. The first kappa shape index (κ1) is 11.5. The minimum absolute atomic E-state index is 0.379. The summed E-state index contributed by atoms with van der Waals surface area (Å²) in [5, 5.41) is 0.487. The Labute approximate surface area is 87.9 Å². The van der Waals surface area contributed by atoms with Crippen LogP contribution < -0.4 is 0 Å². The van der Waals surface area contributed by atoms with E-state index in [1.165, 1.54) is 38.1 Å². The monoisotopic (exact) mass is 236 g/mol. The molecule has 1 aromatic carbocycles. The zero-order valence-corrected chi connectivity index (χ0v) is 9.36. The Morgan fingerprint density at radius 3 is 2.00 bits per heavy atom. The van der Waals surface area contributed by atoms with Gasteiger partial charge in [-0.15, -0.1) is 3.89 Å². The summed E-state index contributed by atoms with van der Waals surface area (Å²) < 4.78 is 33.0. The first-order valence-corrected chi connectivity index (χ1v) is 5.71. The highest BCUT2D eigenvalue weighted by atomic mass is 35.5. The molecule has 78 valence electrons. The molecule has 0 heterocycles. The highest BCUT2D eigenvalue weighted by Crippen LogP contribution is 2.31. The summed E-state index contributed by atoms with van der Waals surface area (Å²) in [6, 6.07) is 6.06. The van der Waals surface area contributed by atoms with Crippen LogP contribution in [0.1, 0.15) is 19.4 Å². The van der Waals surface area contributed by atoms with E-state index in [1.807, 2.05) is 0 Å². The van der Waals surface area contributed by atoms with Gasteiger partial charge >= 0.3 is 10.2 Å². The fraction of sp³-hybridized carbons (Fsp3) is 0.333. The standard InChI is InChI=1S/C9H10ClFO2S/c1-9(2,14(11,12)13)7-3-5-8(10)6-4-7/h3-6H,1-2H3. The van der Waals surface area contributed by atoms with Crippen molar-refractivity contribution in [3.63, 3.8) is 0 Å². The molecular weight excluding hydrogens is 227 g/mol. The largest absolute Gasteiger partial charge is 0.311 e. The van der Waals surface area contributed by atoms with Gasteiger partial charge in [-0.3, -0.25) is 0 Å². The van der Waals surface area contributed by atoms with Crippen molar-refractivity contribution in [1.82, 2.24) is 0 Å². The van der Waals surface area contributed by atoms with Crippen molar-refractivity contribution in [2.45, 2.75) is 18.6 Å². The van der Waals surface area contributed by atoms with Crippen LogP contribution in [0.5, 0.6) is 0 Å². The quantitative estimate of drug-likeness (QED) is 0.740. The molecule has 0 aliphatic heterocycles. The van der Waals surface area contributed by atoms with Crippen LogP contribution in [-0.4, -0.2) is 8.42 Å². The van der Waals surface area contributed by atoms with E-state index in [4.69, 9.17) is 11.6 Å². The van der Waals surface area contributed by atoms with Crippen LogP contribution in [-0.2, 0) is 15.0 Å². The number of hydrogen-bond donors (Lipinski definition) is 0. The maximum Gasteiger partial charge on any atom is 0.311 e. The summed E-state index contributed by atoms with van der Waals surface area (Å²) in [4.78, 5) is 0. The molecule has 0 aliphatic carbocycles. The molecule has 0 atom stereocenters. The van der Waals surface area contributed by atoms with Gasteiger partial charge in [0.25, 0.3) is 0 Å². The maximum atomic E-state index is 12.9. The zero-order valence-electron chi connectivity index (χ0n) is 7.79. The molecule has 0 saturated heterocycles. The molecule has 1 aromatic rings. The van der Waals surface area contributed by atoms with E-state index in [2.05, 4.69) is 0 Å². The van der Waals surface area contributed by atoms with Gasteiger partial charge in [0, 0.05) is 5.02 Å². The summed E-state index contributed by atoms with van der Waals surface area (Å²) in [6.45, 7) is 2.62. The van der Waals surface area contributed by atoms with Crippen molar-refractivity contribution in [3.8, 4) is 0 Å².